The Hall–Kier alpha value is -4.01. The van der Waals surface area contributed by atoms with Crippen LogP contribution in [-0.4, -0.2) is 81.1 Å². The van der Waals surface area contributed by atoms with Gasteiger partial charge in [-0.25, -0.2) is 0 Å². The first-order valence-corrected chi connectivity index (χ1v) is 18.4. The molecule has 0 saturated carbocycles. The maximum atomic E-state index is 12.6. The van der Waals surface area contributed by atoms with E-state index in [-0.39, 0.29) is 26.4 Å². The molecule has 0 N–H and O–H groups in total. The van der Waals surface area contributed by atoms with Gasteiger partial charge >= 0.3 is 5.97 Å². The van der Waals surface area contributed by atoms with Crippen LogP contribution in [0.5, 0.6) is 0 Å². The molecule has 4 aromatic carbocycles. The lowest BCUT2D eigenvalue weighted by Gasteiger charge is -2.51. The van der Waals surface area contributed by atoms with Crippen LogP contribution in [0.4, 0.5) is 0 Å². The number of carbonyl (C=O) groups is 1. The number of rotatable bonds is 14. The minimum atomic E-state index is -1.05. The molecule has 286 valence electrons. The lowest BCUT2D eigenvalue weighted by Crippen LogP contribution is -2.67. The van der Waals surface area contributed by atoms with E-state index in [2.05, 4.69) is 0 Å². The van der Waals surface area contributed by atoms with E-state index in [4.69, 9.17) is 47.4 Å². The van der Waals surface area contributed by atoms with Crippen molar-refractivity contribution < 1.29 is 52.2 Å². The number of benzene rings is 4. The first-order valence-electron chi connectivity index (χ1n) is 18.4. The molecule has 7 rings (SSSR count). The standard InChI is InChI=1S/C43H48O11/c1-28-35(46-24-30-16-8-4-9-17-30)38(40(51-29(2)44)42(45-3)50-28)54-43-39(48-26-32-20-12-6-13-21-32)37(47-25-31-18-10-5-11-19-31)36-34(52-43)27-49-41(53-36)33-22-14-7-15-23-33/h4-23,28,34-43H,24-27H2,1-3H3/t28-,34+,35-,36+,37-,38+,39-,40+,41?,42+,43-/m0/s1. The molecule has 11 nitrogen and oxygen atoms in total. The zero-order chi connectivity index (χ0) is 37.3. The van der Waals surface area contributed by atoms with Crippen molar-refractivity contribution in [3.63, 3.8) is 0 Å². The van der Waals surface area contributed by atoms with Gasteiger partial charge in [0.25, 0.3) is 0 Å². The molecule has 0 bridgehead atoms. The highest BCUT2D eigenvalue weighted by atomic mass is 16.8. The molecule has 11 atom stereocenters. The van der Waals surface area contributed by atoms with Gasteiger partial charge in [-0.05, 0) is 23.6 Å². The van der Waals surface area contributed by atoms with Crippen LogP contribution in [0.3, 0.4) is 0 Å². The average Bonchev–Trinajstić information content (AvgIpc) is 3.21. The van der Waals surface area contributed by atoms with Crippen molar-refractivity contribution in [1.29, 1.82) is 0 Å². The Kier molecular flexibility index (Phi) is 13.1. The third-order valence-corrected chi connectivity index (χ3v) is 9.76. The molecule has 4 aromatic rings. The maximum Gasteiger partial charge on any atom is 0.303 e. The highest BCUT2D eigenvalue weighted by Crippen LogP contribution is 2.39. The molecule has 0 spiro atoms. The van der Waals surface area contributed by atoms with Crippen LogP contribution in [0.25, 0.3) is 0 Å². The Morgan fingerprint density at radius 3 is 1.67 bits per heavy atom. The van der Waals surface area contributed by atoms with E-state index in [0.29, 0.717) is 0 Å². The van der Waals surface area contributed by atoms with Crippen molar-refractivity contribution in [2.45, 2.75) is 101 Å². The van der Waals surface area contributed by atoms with Crippen molar-refractivity contribution in [2.24, 2.45) is 0 Å². The SMILES string of the molecule is CO[C@@H]1O[C@@H](C)[C@H](OCc2ccccc2)[C@@H](O[C@@H]2O[C@@H]3COC(c4ccccc4)O[C@H]3[C@H](OCc3ccccc3)[C@@H]2OCc2ccccc2)[C@H]1OC(C)=O. The van der Waals surface area contributed by atoms with Gasteiger partial charge in [-0.3, -0.25) is 4.79 Å². The first-order chi connectivity index (χ1) is 26.5. The topological polar surface area (TPSA) is 109 Å². The van der Waals surface area contributed by atoms with Crippen LogP contribution in [-0.2, 0) is 72.0 Å². The van der Waals surface area contributed by atoms with E-state index in [1.165, 1.54) is 14.0 Å². The van der Waals surface area contributed by atoms with Gasteiger partial charge in [-0.1, -0.05) is 121 Å². The molecule has 1 unspecified atom stereocenters. The Morgan fingerprint density at radius 2 is 1.13 bits per heavy atom. The number of methoxy groups -OCH3 is 1. The van der Waals surface area contributed by atoms with Gasteiger partial charge in [-0.2, -0.15) is 0 Å². The van der Waals surface area contributed by atoms with Crippen LogP contribution in [0, 0.1) is 0 Å². The zero-order valence-corrected chi connectivity index (χ0v) is 30.7. The number of ether oxygens (including phenoxy) is 10. The summed E-state index contributed by atoms with van der Waals surface area (Å²) in [5, 5.41) is 0. The lowest BCUT2D eigenvalue weighted by atomic mass is 9.95. The van der Waals surface area contributed by atoms with Crippen LogP contribution in [0.1, 0.15) is 42.4 Å². The van der Waals surface area contributed by atoms with E-state index in [1.54, 1.807) is 0 Å². The maximum absolute atomic E-state index is 12.6. The summed E-state index contributed by atoms with van der Waals surface area (Å²) in [7, 11) is 1.50. The smallest absolute Gasteiger partial charge is 0.303 e. The molecule has 3 heterocycles. The van der Waals surface area contributed by atoms with Gasteiger partial charge in [0, 0.05) is 19.6 Å². The number of hydrogen-bond acceptors (Lipinski definition) is 11. The fraction of sp³-hybridized carbons (Fsp3) is 0.419. The lowest BCUT2D eigenvalue weighted by molar-refractivity contribution is -0.394. The fourth-order valence-corrected chi connectivity index (χ4v) is 7.12. The summed E-state index contributed by atoms with van der Waals surface area (Å²) < 4.78 is 64.6. The van der Waals surface area contributed by atoms with Crippen molar-refractivity contribution in [3.05, 3.63) is 144 Å². The molecule has 3 aliphatic rings. The van der Waals surface area contributed by atoms with Crippen molar-refractivity contribution in [2.75, 3.05) is 13.7 Å². The van der Waals surface area contributed by atoms with Crippen LogP contribution in [0.2, 0.25) is 0 Å². The zero-order valence-electron chi connectivity index (χ0n) is 30.7. The van der Waals surface area contributed by atoms with Crippen molar-refractivity contribution in [3.8, 4) is 0 Å². The number of esters is 1. The monoisotopic (exact) mass is 740 g/mol. The second kappa shape index (κ2) is 18.5. The summed E-state index contributed by atoms with van der Waals surface area (Å²) in [4.78, 5) is 12.6. The van der Waals surface area contributed by atoms with Gasteiger partial charge < -0.3 is 47.4 Å². The number of carbonyl (C=O) groups excluding carboxylic acids is 1. The Balaban J connectivity index is 1.23. The van der Waals surface area contributed by atoms with E-state index in [9.17, 15) is 4.79 Å². The summed E-state index contributed by atoms with van der Waals surface area (Å²) in [6.07, 6.45) is -8.48. The molecule has 0 aliphatic carbocycles. The first kappa shape index (κ1) is 38.3. The Morgan fingerprint density at radius 1 is 0.611 bits per heavy atom. The van der Waals surface area contributed by atoms with E-state index < -0.39 is 73.7 Å². The third-order valence-electron chi connectivity index (χ3n) is 9.76. The molecular weight excluding hydrogens is 692 g/mol. The molecule has 0 aromatic heterocycles. The molecule has 3 fully saturated rings. The average molecular weight is 741 g/mol. The largest absolute Gasteiger partial charge is 0.454 e. The predicted molar refractivity (Wildman–Crippen MR) is 195 cm³/mol. The van der Waals surface area contributed by atoms with E-state index in [1.807, 2.05) is 128 Å². The van der Waals surface area contributed by atoms with Crippen LogP contribution in [0.15, 0.2) is 121 Å². The minimum absolute atomic E-state index is 0.201. The third kappa shape index (κ3) is 9.43. The van der Waals surface area contributed by atoms with E-state index >= 15 is 0 Å². The van der Waals surface area contributed by atoms with Crippen molar-refractivity contribution >= 4 is 5.97 Å². The summed E-state index contributed by atoms with van der Waals surface area (Å²) >= 11 is 0. The van der Waals surface area contributed by atoms with E-state index in [0.717, 1.165) is 22.3 Å². The van der Waals surface area contributed by atoms with Gasteiger partial charge in [0.15, 0.2) is 25.0 Å². The van der Waals surface area contributed by atoms with Crippen LogP contribution < -0.4 is 0 Å². The molecule has 54 heavy (non-hydrogen) atoms. The second-order valence-corrected chi connectivity index (χ2v) is 13.6. The summed E-state index contributed by atoms with van der Waals surface area (Å²) in [5.41, 5.74) is 3.77. The molecule has 0 amide bonds. The highest BCUT2D eigenvalue weighted by molar-refractivity contribution is 5.66. The molecule has 3 aliphatic heterocycles. The minimum Gasteiger partial charge on any atom is -0.454 e. The number of hydrogen-bond donors (Lipinski definition) is 0. The summed E-state index contributed by atoms with van der Waals surface area (Å²) in [5.74, 6) is -0.526. The molecule has 3 saturated heterocycles. The molecule has 0 radical (unpaired) electrons. The molecule has 11 heteroatoms. The summed E-state index contributed by atoms with van der Waals surface area (Å²) in [6, 6.07) is 39.4. The van der Waals surface area contributed by atoms with Gasteiger partial charge in [0.1, 0.15) is 36.6 Å². The highest BCUT2D eigenvalue weighted by Gasteiger charge is 2.56. The molecular formula is C43H48O11. The second-order valence-electron chi connectivity index (χ2n) is 13.6. The van der Waals surface area contributed by atoms with Crippen LogP contribution >= 0.6 is 0 Å². The summed E-state index contributed by atoms with van der Waals surface area (Å²) in [6.45, 7) is 4.20. The van der Waals surface area contributed by atoms with Gasteiger partial charge in [0.05, 0.1) is 32.5 Å². The van der Waals surface area contributed by atoms with Crippen molar-refractivity contribution in [1.82, 2.24) is 0 Å². The number of fused-ring (bicyclic) bond motifs is 1. The van der Waals surface area contributed by atoms with Gasteiger partial charge in [0.2, 0.25) is 0 Å². The normalized spacial score (nSPS) is 31.0. The fourth-order valence-electron chi connectivity index (χ4n) is 7.12. The predicted octanol–water partition coefficient (Wildman–Crippen LogP) is 6.29. The van der Waals surface area contributed by atoms with Gasteiger partial charge in [-0.15, -0.1) is 0 Å². The quantitative estimate of drug-likeness (QED) is 0.136. The Bertz CT molecular complexity index is 1710. The Labute approximate surface area is 316 Å².